The van der Waals surface area contributed by atoms with Crippen LogP contribution in [0.15, 0.2) is 78.9 Å². The Morgan fingerprint density at radius 2 is 1.31 bits per heavy atom. The number of halogens is 1. The third-order valence-corrected chi connectivity index (χ3v) is 4.13. The molecule has 0 bridgehead atoms. The monoisotopic (exact) mass is 366 g/mol. The van der Waals surface area contributed by atoms with Crippen LogP contribution in [0.1, 0.15) is 37.9 Å². The number of esters is 1. The van der Waals surface area contributed by atoms with Crippen LogP contribution in [0.25, 0.3) is 0 Å². The summed E-state index contributed by atoms with van der Waals surface area (Å²) >= 11 is 5.95. The smallest absolute Gasteiger partial charge is 0.339 e. The fourth-order valence-electron chi connectivity index (χ4n) is 2.61. The number of carbonyl (C=O) groups is 2. The van der Waals surface area contributed by atoms with E-state index in [0.717, 1.165) is 11.1 Å². The largest absolute Gasteiger partial charge is 0.478 e. The summed E-state index contributed by atoms with van der Waals surface area (Å²) in [6.07, 6.45) is -0.678. The summed E-state index contributed by atoms with van der Waals surface area (Å²) in [5.74, 6) is -1.88. The van der Waals surface area contributed by atoms with Crippen molar-refractivity contribution in [2.24, 2.45) is 0 Å². The number of hydrogen-bond donors (Lipinski definition) is 1. The van der Waals surface area contributed by atoms with Crippen LogP contribution in [0, 0.1) is 0 Å². The van der Waals surface area contributed by atoms with Gasteiger partial charge < -0.3 is 9.84 Å². The third-order valence-electron chi connectivity index (χ3n) is 3.88. The van der Waals surface area contributed by atoms with E-state index in [1.807, 2.05) is 30.3 Å². The number of ether oxygens (including phenoxy) is 1. The average molecular weight is 367 g/mol. The Hall–Kier alpha value is -3.11. The number of rotatable bonds is 5. The minimum absolute atomic E-state index is 0.00916. The molecule has 26 heavy (non-hydrogen) atoms. The Morgan fingerprint density at radius 3 is 1.92 bits per heavy atom. The summed E-state index contributed by atoms with van der Waals surface area (Å²) < 4.78 is 5.69. The van der Waals surface area contributed by atoms with Gasteiger partial charge in [-0.25, -0.2) is 9.59 Å². The first-order valence-electron chi connectivity index (χ1n) is 7.90. The van der Waals surface area contributed by atoms with Crippen LogP contribution in [0.4, 0.5) is 0 Å². The second-order valence-corrected chi connectivity index (χ2v) is 6.03. The molecule has 0 saturated heterocycles. The van der Waals surface area contributed by atoms with Crippen molar-refractivity contribution in [1.29, 1.82) is 0 Å². The minimum atomic E-state index is -1.18. The number of aromatic carboxylic acids is 1. The van der Waals surface area contributed by atoms with Gasteiger partial charge in [0.2, 0.25) is 0 Å². The van der Waals surface area contributed by atoms with Crippen molar-refractivity contribution in [3.63, 3.8) is 0 Å². The molecule has 0 heterocycles. The minimum Gasteiger partial charge on any atom is -0.478 e. The molecule has 3 aromatic carbocycles. The van der Waals surface area contributed by atoms with Crippen LogP contribution < -0.4 is 0 Å². The molecule has 1 atom stereocenters. The molecule has 5 heteroatoms. The lowest BCUT2D eigenvalue weighted by Gasteiger charge is -2.19. The van der Waals surface area contributed by atoms with Crippen molar-refractivity contribution in [3.05, 3.63) is 106 Å². The van der Waals surface area contributed by atoms with Gasteiger partial charge in [0, 0.05) is 5.02 Å². The molecule has 0 saturated carbocycles. The highest BCUT2D eigenvalue weighted by atomic mass is 35.5. The Balaban J connectivity index is 1.97. The SMILES string of the molecule is O=C(O)c1ccccc1C(=O)O[C@H](c1ccccc1)c1ccc(Cl)cc1. The molecular formula is C21H15ClO4. The Kier molecular flexibility index (Phi) is 5.34. The van der Waals surface area contributed by atoms with E-state index < -0.39 is 18.0 Å². The molecule has 0 aliphatic rings. The molecule has 0 aliphatic heterocycles. The lowest BCUT2D eigenvalue weighted by molar-refractivity contribution is 0.0371. The van der Waals surface area contributed by atoms with Crippen LogP contribution in [-0.4, -0.2) is 17.0 Å². The summed E-state index contributed by atoms with van der Waals surface area (Å²) in [5, 5.41) is 9.86. The van der Waals surface area contributed by atoms with E-state index in [1.165, 1.54) is 12.1 Å². The van der Waals surface area contributed by atoms with Crippen LogP contribution >= 0.6 is 11.6 Å². The lowest BCUT2D eigenvalue weighted by Crippen LogP contribution is -2.16. The number of benzene rings is 3. The van der Waals surface area contributed by atoms with E-state index in [-0.39, 0.29) is 11.1 Å². The van der Waals surface area contributed by atoms with E-state index in [0.29, 0.717) is 5.02 Å². The maximum atomic E-state index is 12.7. The molecule has 0 unspecified atom stereocenters. The quantitative estimate of drug-likeness (QED) is 0.646. The summed E-state index contributed by atoms with van der Waals surface area (Å²) in [6.45, 7) is 0. The first-order valence-corrected chi connectivity index (χ1v) is 8.28. The molecule has 0 amide bonds. The Morgan fingerprint density at radius 1 is 0.769 bits per heavy atom. The van der Waals surface area contributed by atoms with Crippen molar-refractivity contribution in [2.45, 2.75) is 6.10 Å². The highest BCUT2D eigenvalue weighted by Crippen LogP contribution is 2.28. The molecule has 0 aromatic heterocycles. The van der Waals surface area contributed by atoms with Gasteiger partial charge in [0.1, 0.15) is 0 Å². The second kappa shape index (κ2) is 7.85. The van der Waals surface area contributed by atoms with Crippen LogP contribution in [0.5, 0.6) is 0 Å². The van der Waals surface area contributed by atoms with Crippen LogP contribution in [-0.2, 0) is 4.74 Å². The molecular weight excluding hydrogens is 352 g/mol. The molecule has 130 valence electrons. The van der Waals surface area contributed by atoms with Crippen molar-refractivity contribution >= 4 is 23.5 Å². The molecule has 0 fully saturated rings. The standard InChI is InChI=1S/C21H15ClO4/c22-16-12-10-15(11-13-16)19(14-6-2-1-3-7-14)26-21(25)18-9-5-4-8-17(18)20(23)24/h1-13,19H,(H,23,24)/t19-/m1/s1. The van der Waals surface area contributed by atoms with E-state index >= 15 is 0 Å². The normalized spacial score (nSPS) is 11.6. The topological polar surface area (TPSA) is 63.6 Å². The molecule has 0 aliphatic carbocycles. The molecule has 0 spiro atoms. The zero-order valence-corrected chi connectivity index (χ0v) is 14.4. The van der Waals surface area contributed by atoms with Gasteiger partial charge in [0.15, 0.2) is 6.10 Å². The predicted octanol–water partition coefficient (Wildman–Crippen LogP) is 4.98. The molecule has 1 N–H and O–H groups in total. The lowest BCUT2D eigenvalue weighted by atomic mass is 10.0. The summed E-state index contributed by atoms with van der Waals surface area (Å²) in [5.41, 5.74) is 1.42. The van der Waals surface area contributed by atoms with Crippen molar-refractivity contribution in [1.82, 2.24) is 0 Å². The van der Waals surface area contributed by atoms with E-state index in [1.54, 1.807) is 36.4 Å². The predicted molar refractivity (Wildman–Crippen MR) is 98.6 cm³/mol. The van der Waals surface area contributed by atoms with E-state index in [9.17, 15) is 14.7 Å². The third kappa shape index (κ3) is 3.92. The fourth-order valence-corrected chi connectivity index (χ4v) is 2.74. The Bertz CT molecular complexity index is 920. The molecule has 3 aromatic rings. The zero-order chi connectivity index (χ0) is 18.5. The highest BCUT2D eigenvalue weighted by Gasteiger charge is 2.23. The Labute approximate surface area is 155 Å². The van der Waals surface area contributed by atoms with E-state index in [2.05, 4.69) is 0 Å². The summed E-state index contributed by atoms with van der Waals surface area (Å²) in [7, 11) is 0. The van der Waals surface area contributed by atoms with Gasteiger partial charge in [-0.3, -0.25) is 0 Å². The van der Waals surface area contributed by atoms with Crippen molar-refractivity contribution in [2.75, 3.05) is 0 Å². The zero-order valence-electron chi connectivity index (χ0n) is 13.6. The van der Waals surface area contributed by atoms with Gasteiger partial charge in [0.05, 0.1) is 11.1 Å². The van der Waals surface area contributed by atoms with Gasteiger partial charge in [-0.15, -0.1) is 0 Å². The van der Waals surface area contributed by atoms with Gasteiger partial charge in [-0.2, -0.15) is 0 Å². The molecule has 3 rings (SSSR count). The van der Waals surface area contributed by atoms with Gasteiger partial charge in [-0.05, 0) is 35.4 Å². The highest BCUT2D eigenvalue weighted by molar-refractivity contribution is 6.30. The number of hydrogen-bond acceptors (Lipinski definition) is 3. The average Bonchev–Trinajstić information content (AvgIpc) is 2.67. The number of carbonyl (C=O) groups excluding carboxylic acids is 1. The van der Waals surface area contributed by atoms with Crippen LogP contribution in [0.3, 0.4) is 0 Å². The van der Waals surface area contributed by atoms with Gasteiger partial charge in [0.25, 0.3) is 0 Å². The maximum Gasteiger partial charge on any atom is 0.339 e. The van der Waals surface area contributed by atoms with E-state index in [4.69, 9.17) is 16.3 Å². The second-order valence-electron chi connectivity index (χ2n) is 5.60. The molecule has 4 nitrogen and oxygen atoms in total. The fraction of sp³-hybridized carbons (Fsp3) is 0.0476. The molecule has 0 radical (unpaired) electrons. The number of carboxylic acids is 1. The van der Waals surface area contributed by atoms with Gasteiger partial charge >= 0.3 is 11.9 Å². The summed E-state index contributed by atoms with van der Waals surface area (Å²) in [4.78, 5) is 24.0. The van der Waals surface area contributed by atoms with Crippen LogP contribution in [0.2, 0.25) is 5.02 Å². The van der Waals surface area contributed by atoms with Crippen molar-refractivity contribution < 1.29 is 19.4 Å². The number of carboxylic acid groups (broad SMARTS) is 1. The van der Waals surface area contributed by atoms with Gasteiger partial charge in [-0.1, -0.05) is 66.2 Å². The first kappa shape index (κ1) is 17.7. The first-order chi connectivity index (χ1) is 12.6. The maximum absolute atomic E-state index is 12.7. The van der Waals surface area contributed by atoms with Crippen molar-refractivity contribution in [3.8, 4) is 0 Å². The summed E-state index contributed by atoms with van der Waals surface area (Å²) in [6, 6.07) is 22.2.